The lowest BCUT2D eigenvalue weighted by Gasteiger charge is -2.11. The maximum Gasteiger partial charge on any atom is 0.164 e. The molecule has 5 heteroatoms. The molecule has 0 unspecified atom stereocenters. The summed E-state index contributed by atoms with van der Waals surface area (Å²) in [5, 5.41) is 7.11. The quantitative estimate of drug-likeness (QED) is 0.194. The lowest BCUT2D eigenvalue weighted by molar-refractivity contribution is 0.669. The lowest BCUT2D eigenvalue weighted by atomic mass is 9.97. The van der Waals surface area contributed by atoms with Gasteiger partial charge in [0.05, 0.1) is 0 Å². The standard InChI is InChI=1S/C43H25N3OS/c1-3-12-27(13-4-1)41-44-42(28-14-5-2-6-15-28)46-43(45-41)35-24-30(25-37-39(35)33-17-9-10-18-36(33)47-37)29-20-22-38-34(23-29)32-21-19-26-11-7-8-16-31(26)40(32)48-38/h1-25H. The van der Waals surface area contributed by atoms with Crippen LogP contribution in [0.5, 0.6) is 0 Å². The molecule has 10 aromatic rings. The molecule has 0 aliphatic carbocycles. The molecule has 3 aromatic heterocycles. The Hall–Kier alpha value is -6.17. The van der Waals surface area contributed by atoms with Crippen molar-refractivity contribution in [1.82, 2.24) is 15.0 Å². The van der Waals surface area contributed by atoms with Crippen molar-refractivity contribution in [2.75, 3.05) is 0 Å². The zero-order chi connectivity index (χ0) is 31.6. The summed E-state index contributed by atoms with van der Waals surface area (Å²) in [5.41, 5.74) is 6.56. The fourth-order valence-electron chi connectivity index (χ4n) is 6.81. The van der Waals surface area contributed by atoms with Crippen LogP contribution in [-0.2, 0) is 0 Å². The van der Waals surface area contributed by atoms with Gasteiger partial charge in [0, 0.05) is 47.6 Å². The van der Waals surface area contributed by atoms with Crippen LogP contribution in [0.15, 0.2) is 156 Å². The minimum absolute atomic E-state index is 0.606. The zero-order valence-electron chi connectivity index (χ0n) is 25.6. The van der Waals surface area contributed by atoms with Gasteiger partial charge in [0.2, 0.25) is 0 Å². The molecule has 0 aliphatic rings. The molecule has 0 N–H and O–H groups in total. The minimum atomic E-state index is 0.606. The topological polar surface area (TPSA) is 51.8 Å². The molecule has 0 radical (unpaired) electrons. The van der Waals surface area contributed by atoms with Gasteiger partial charge in [0.1, 0.15) is 11.2 Å². The highest BCUT2D eigenvalue weighted by molar-refractivity contribution is 7.26. The van der Waals surface area contributed by atoms with Gasteiger partial charge in [-0.15, -0.1) is 11.3 Å². The van der Waals surface area contributed by atoms with E-state index in [1.165, 1.54) is 30.9 Å². The molecule has 224 valence electrons. The second kappa shape index (κ2) is 10.7. The molecule has 3 heterocycles. The maximum atomic E-state index is 6.53. The van der Waals surface area contributed by atoms with Gasteiger partial charge in [-0.1, -0.05) is 121 Å². The number of hydrogen-bond donors (Lipinski definition) is 0. The molecule has 10 rings (SSSR count). The Kier molecular flexibility index (Phi) is 6.01. The molecular formula is C43H25N3OS. The first-order valence-electron chi connectivity index (χ1n) is 15.9. The van der Waals surface area contributed by atoms with Crippen LogP contribution < -0.4 is 0 Å². The van der Waals surface area contributed by atoms with Crippen LogP contribution in [0, 0.1) is 0 Å². The Balaban J connectivity index is 1.24. The summed E-state index contributed by atoms with van der Waals surface area (Å²) in [5.74, 6) is 1.86. The maximum absolute atomic E-state index is 6.53. The van der Waals surface area contributed by atoms with Crippen molar-refractivity contribution < 1.29 is 4.42 Å². The van der Waals surface area contributed by atoms with E-state index in [0.717, 1.165) is 49.8 Å². The number of thiophene rings is 1. The smallest absolute Gasteiger partial charge is 0.164 e. The van der Waals surface area contributed by atoms with Crippen molar-refractivity contribution in [3.05, 3.63) is 152 Å². The first-order valence-corrected chi connectivity index (χ1v) is 16.8. The highest BCUT2D eigenvalue weighted by Gasteiger charge is 2.20. The largest absolute Gasteiger partial charge is 0.456 e. The lowest BCUT2D eigenvalue weighted by Crippen LogP contribution is -2.00. The monoisotopic (exact) mass is 631 g/mol. The molecular weight excluding hydrogens is 607 g/mol. The third kappa shape index (κ3) is 4.33. The number of hydrogen-bond acceptors (Lipinski definition) is 5. The van der Waals surface area contributed by atoms with Gasteiger partial charge in [0.15, 0.2) is 17.5 Å². The number of fused-ring (bicyclic) bond motifs is 8. The number of aromatic nitrogens is 3. The van der Waals surface area contributed by atoms with Gasteiger partial charge in [-0.3, -0.25) is 0 Å². The second-order valence-electron chi connectivity index (χ2n) is 12.0. The van der Waals surface area contributed by atoms with E-state index in [9.17, 15) is 0 Å². The summed E-state index contributed by atoms with van der Waals surface area (Å²) in [7, 11) is 0. The van der Waals surface area contributed by atoms with Crippen molar-refractivity contribution in [2.24, 2.45) is 0 Å². The van der Waals surface area contributed by atoms with E-state index in [4.69, 9.17) is 19.4 Å². The number of benzene rings is 7. The average Bonchev–Trinajstić information content (AvgIpc) is 3.73. The van der Waals surface area contributed by atoms with Gasteiger partial charge in [-0.05, 0) is 52.2 Å². The summed E-state index contributed by atoms with van der Waals surface area (Å²) in [6.45, 7) is 0. The van der Waals surface area contributed by atoms with E-state index >= 15 is 0 Å². The minimum Gasteiger partial charge on any atom is -0.456 e. The molecule has 0 saturated carbocycles. The Morgan fingerprint density at radius 2 is 1.08 bits per heavy atom. The third-order valence-corrected chi connectivity index (χ3v) is 10.3. The molecule has 0 fully saturated rings. The van der Waals surface area contributed by atoms with E-state index in [1.807, 2.05) is 90.2 Å². The normalized spacial score (nSPS) is 11.8. The van der Waals surface area contributed by atoms with Gasteiger partial charge < -0.3 is 4.42 Å². The average molecular weight is 632 g/mol. The molecule has 0 amide bonds. The number of furan rings is 1. The Morgan fingerprint density at radius 3 is 1.85 bits per heavy atom. The van der Waals surface area contributed by atoms with Crippen LogP contribution in [-0.4, -0.2) is 15.0 Å². The van der Waals surface area contributed by atoms with Crippen LogP contribution in [0.25, 0.3) is 98.2 Å². The Bertz CT molecular complexity index is 2780. The summed E-state index contributed by atoms with van der Waals surface area (Å²) < 4.78 is 9.12. The van der Waals surface area contributed by atoms with E-state index in [1.54, 1.807) is 0 Å². The van der Waals surface area contributed by atoms with Gasteiger partial charge in [-0.25, -0.2) is 15.0 Å². The van der Waals surface area contributed by atoms with Crippen molar-refractivity contribution in [3.63, 3.8) is 0 Å². The van der Waals surface area contributed by atoms with Crippen LogP contribution in [0.4, 0.5) is 0 Å². The van der Waals surface area contributed by atoms with Crippen molar-refractivity contribution in [1.29, 1.82) is 0 Å². The molecule has 0 saturated heterocycles. The SMILES string of the molecule is c1ccc(-c2nc(-c3ccccc3)nc(-c3cc(-c4ccc5sc6c7ccccc7ccc6c5c4)cc4oc5ccccc5c34)n2)cc1. The first-order chi connectivity index (χ1) is 23.8. The van der Waals surface area contributed by atoms with Crippen LogP contribution >= 0.6 is 11.3 Å². The van der Waals surface area contributed by atoms with E-state index in [2.05, 4.69) is 72.8 Å². The van der Waals surface area contributed by atoms with Crippen LogP contribution in [0.2, 0.25) is 0 Å². The highest BCUT2D eigenvalue weighted by Crippen LogP contribution is 2.43. The molecule has 7 aromatic carbocycles. The van der Waals surface area contributed by atoms with Gasteiger partial charge >= 0.3 is 0 Å². The predicted octanol–water partition coefficient (Wildman–Crippen LogP) is 12.0. The first kappa shape index (κ1) is 27.0. The van der Waals surface area contributed by atoms with Gasteiger partial charge in [0.25, 0.3) is 0 Å². The summed E-state index contributed by atoms with van der Waals surface area (Å²) in [4.78, 5) is 15.2. The third-order valence-electron chi connectivity index (χ3n) is 9.11. The van der Waals surface area contributed by atoms with E-state index in [-0.39, 0.29) is 0 Å². The molecule has 0 atom stereocenters. The van der Waals surface area contributed by atoms with Crippen LogP contribution in [0.3, 0.4) is 0 Å². The van der Waals surface area contributed by atoms with E-state index < -0.39 is 0 Å². The fourth-order valence-corrected chi connectivity index (χ4v) is 8.03. The fraction of sp³-hybridized carbons (Fsp3) is 0. The zero-order valence-corrected chi connectivity index (χ0v) is 26.4. The molecule has 0 spiro atoms. The second-order valence-corrected chi connectivity index (χ2v) is 13.1. The van der Waals surface area contributed by atoms with Crippen molar-refractivity contribution in [2.45, 2.75) is 0 Å². The van der Waals surface area contributed by atoms with Crippen LogP contribution in [0.1, 0.15) is 0 Å². The van der Waals surface area contributed by atoms with E-state index in [0.29, 0.717) is 17.5 Å². The number of para-hydroxylation sites is 1. The molecule has 0 bridgehead atoms. The number of nitrogens with zero attached hydrogens (tertiary/aromatic N) is 3. The highest BCUT2D eigenvalue weighted by atomic mass is 32.1. The molecule has 48 heavy (non-hydrogen) atoms. The molecule has 0 aliphatic heterocycles. The van der Waals surface area contributed by atoms with Crippen molar-refractivity contribution in [3.8, 4) is 45.3 Å². The molecule has 4 nitrogen and oxygen atoms in total. The summed E-state index contributed by atoms with van der Waals surface area (Å²) >= 11 is 1.85. The summed E-state index contributed by atoms with van der Waals surface area (Å²) in [6, 6.07) is 52.6. The predicted molar refractivity (Wildman–Crippen MR) is 199 cm³/mol. The Morgan fingerprint density at radius 1 is 0.417 bits per heavy atom. The van der Waals surface area contributed by atoms with Gasteiger partial charge in [-0.2, -0.15) is 0 Å². The number of rotatable bonds is 4. The summed E-state index contributed by atoms with van der Waals surface area (Å²) in [6.07, 6.45) is 0. The Labute approximate surface area is 279 Å². The van der Waals surface area contributed by atoms with Crippen molar-refractivity contribution >= 4 is 64.2 Å².